The van der Waals surface area contributed by atoms with Gasteiger partial charge in [0.05, 0.1) is 13.2 Å². The molecular formula is C10H23NO6. The minimum absolute atomic E-state index is 0.139. The van der Waals surface area contributed by atoms with Crippen LogP contribution in [0.5, 0.6) is 0 Å². The van der Waals surface area contributed by atoms with Gasteiger partial charge in [0.15, 0.2) is 0 Å². The molecule has 0 aromatic heterocycles. The first-order chi connectivity index (χ1) is 7.95. The number of rotatable bonds is 6. The predicted octanol–water partition coefficient (Wildman–Crippen LogP) is -0.477. The second kappa shape index (κ2) is 20.3. The first-order valence-corrected chi connectivity index (χ1v) is 5.32. The second-order valence-electron chi connectivity index (χ2n) is 2.69. The predicted molar refractivity (Wildman–Crippen MR) is 62.9 cm³/mol. The van der Waals surface area contributed by atoms with E-state index in [1.807, 2.05) is 0 Å². The Morgan fingerprint density at radius 2 is 1.12 bits per heavy atom. The van der Waals surface area contributed by atoms with E-state index in [2.05, 4.69) is 5.32 Å². The number of aliphatic hydroxyl groups excluding tert-OH is 2. The lowest BCUT2D eigenvalue weighted by atomic mass is 10.5. The minimum Gasteiger partial charge on any atom is -0.481 e. The summed E-state index contributed by atoms with van der Waals surface area (Å²) in [6, 6.07) is 0. The summed E-state index contributed by atoms with van der Waals surface area (Å²) < 4.78 is 0. The van der Waals surface area contributed by atoms with E-state index in [1.165, 1.54) is 0 Å². The zero-order valence-electron chi connectivity index (χ0n) is 10.3. The lowest BCUT2D eigenvalue weighted by Gasteiger charge is -1.94. The molecule has 7 heteroatoms. The van der Waals surface area contributed by atoms with Gasteiger partial charge >= 0.3 is 11.9 Å². The number of carbonyl (C=O) groups is 2. The molecule has 0 fully saturated rings. The van der Waals surface area contributed by atoms with Crippen molar-refractivity contribution in [2.75, 3.05) is 26.3 Å². The Morgan fingerprint density at radius 1 is 0.882 bits per heavy atom. The van der Waals surface area contributed by atoms with Crippen LogP contribution in [-0.4, -0.2) is 58.7 Å². The second-order valence-corrected chi connectivity index (χ2v) is 2.69. The maximum atomic E-state index is 9.37. The molecule has 7 nitrogen and oxygen atoms in total. The smallest absolute Gasteiger partial charge is 0.303 e. The van der Waals surface area contributed by atoms with Crippen LogP contribution >= 0.6 is 0 Å². The number of hydrogen-bond donors (Lipinski definition) is 5. The van der Waals surface area contributed by atoms with Gasteiger partial charge in [0.25, 0.3) is 0 Å². The van der Waals surface area contributed by atoms with Gasteiger partial charge in [0.1, 0.15) is 0 Å². The third kappa shape index (κ3) is 52.4. The third-order valence-corrected chi connectivity index (χ3v) is 1.18. The molecule has 0 rings (SSSR count). The summed E-state index contributed by atoms with van der Waals surface area (Å²) in [5.74, 6) is -1.49. The van der Waals surface area contributed by atoms with E-state index in [0.29, 0.717) is 13.1 Å². The fourth-order valence-corrected chi connectivity index (χ4v) is 0.283. The van der Waals surface area contributed by atoms with Gasteiger partial charge in [-0.1, -0.05) is 13.8 Å². The van der Waals surface area contributed by atoms with Crippen molar-refractivity contribution in [3.63, 3.8) is 0 Å². The third-order valence-electron chi connectivity index (χ3n) is 1.18. The summed E-state index contributed by atoms with van der Waals surface area (Å²) in [5.41, 5.74) is 0. The first-order valence-electron chi connectivity index (χ1n) is 5.32. The van der Waals surface area contributed by atoms with Crippen LogP contribution in [0.1, 0.15) is 26.7 Å². The Bertz CT molecular complexity index is 156. The zero-order valence-corrected chi connectivity index (χ0v) is 10.3. The molecule has 17 heavy (non-hydrogen) atoms. The van der Waals surface area contributed by atoms with Crippen molar-refractivity contribution in [2.45, 2.75) is 26.7 Å². The number of carboxylic acid groups (broad SMARTS) is 2. The Hall–Kier alpha value is -1.18. The van der Waals surface area contributed by atoms with Crippen molar-refractivity contribution < 1.29 is 30.0 Å². The highest BCUT2D eigenvalue weighted by Gasteiger charge is 1.81. The Balaban J connectivity index is -0.000000177. The van der Waals surface area contributed by atoms with Crippen LogP contribution < -0.4 is 5.32 Å². The molecule has 0 aliphatic carbocycles. The topological polar surface area (TPSA) is 127 Å². The van der Waals surface area contributed by atoms with Crippen molar-refractivity contribution in [3.05, 3.63) is 0 Å². The molecule has 0 bridgehead atoms. The fourth-order valence-electron chi connectivity index (χ4n) is 0.283. The van der Waals surface area contributed by atoms with Crippen LogP contribution in [0.25, 0.3) is 0 Å². The Kier molecular flexibility index (Phi) is 25.2. The van der Waals surface area contributed by atoms with Crippen molar-refractivity contribution in [3.8, 4) is 0 Å². The maximum Gasteiger partial charge on any atom is 0.303 e. The molecule has 0 unspecified atom stereocenters. The lowest BCUT2D eigenvalue weighted by Crippen LogP contribution is -2.21. The fraction of sp³-hybridized carbons (Fsp3) is 0.800. The molecule has 0 aromatic rings. The molecule has 104 valence electrons. The molecule has 0 saturated carbocycles. The van der Waals surface area contributed by atoms with Crippen LogP contribution in [-0.2, 0) is 9.59 Å². The molecule has 5 N–H and O–H groups in total. The summed E-state index contributed by atoms with van der Waals surface area (Å²) in [6.07, 6.45) is 0.444. The maximum absolute atomic E-state index is 9.37. The number of carboxylic acids is 2. The quantitative estimate of drug-likeness (QED) is 0.405. The number of hydrogen-bond acceptors (Lipinski definition) is 5. The van der Waals surface area contributed by atoms with Gasteiger partial charge in [-0.05, 0) is 0 Å². The molecular weight excluding hydrogens is 230 g/mol. The van der Waals surface area contributed by atoms with Gasteiger partial charge in [-0.15, -0.1) is 0 Å². The molecule has 0 heterocycles. The Morgan fingerprint density at radius 3 is 1.24 bits per heavy atom. The van der Waals surface area contributed by atoms with Gasteiger partial charge in [-0.2, -0.15) is 0 Å². The van der Waals surface area contributed by atoms with Crippen molar-refractivity contribution in [1.29, 1.82) is 0 Å². The average Bonchev–Trinajstić information content (AvgIpc) is 2.31. The standard InChI is InChI=1S/C4H11NO2.2C3H6O2/c6-3-1-5-2-4-7;2*1-2-3(4)5/h5-7H,1-4H2;2*2H2,1H3,(H,4,5). The summed E-state index contributed by atoms with van der Waals surface area (Å²) >= 11 is 0. The molecule has 0 amide bonds. The normalized spacial score (nSPS) is 8.24. The lowest BCUT2D eigenvalue weighted by molar-refractivity contribution is -0.137. The number of aliphatic hydroxyl groups is 2. The Labute approximate surface area is 101 Å². The van der Waals surface area contributed by atoms with Crippen molar-refractivity contribution in [2.24, 2.45) is 0 Å². The van der Waals surface area contributed by atoms with E-state index in [9.17, 15) is 9.59 Å². The molecule has 0 aliphatic rings. The molecule has 0 spiro atoms. The highest BCUT2D eigenvalue weighted by Crippen LogP contribution is 1.67. The highest BCUT2D eigenvalue weighted by atomic mass is 16.4. The van der Waals surface area contributed by atoms with Gasteiger partial charge in [0.2, 0.25) is 0 Å². The summed E-state index contributed by atoms with van der Waals surface area (Å²) in [7, 11) is 0. The van der Waals surface area contributed by atoms with Crippen LogP contribution in [0.2, 0.25) is 0 Å². The van der Waals surface area contributed by atoms with Gasteiger partial charge in [0, 0.05) is 25.9 Å². The van der Waals surface area contributed by atoms with E-state index < -0.39 is 11.9 Å². The first kappa shape index (κ1) is 21.1. The minimum atomic E-state index is -0.745. The van der Waals surface area contributed by atoms with Crippen LogP contribution in [0.4, 0.5) is 0 Å². The van der Waals surface area contributed by atoms with Crippen molar-refractivity contribution in [1.82, 2.24) is 5.32 Å². The number of nitrogens with one attached hydrogen (secondary N) is 1. The largest absolute Gasteiger partial charge is 0.481 e. The summed E-state index contributed by atoms with van der Waals surface area (Å²) in [4.78, 5) is 18.7. The molecule has 0 radical (unpaired) electrons. The summed E-state index contributed by atoms with van der Waals surface area (Å²) in [6.45, 7) is 4.62. The van der Waals surface area contributed by atoms with E-state index >= 15 is 0 Å². The molecule has 0 aromatic carbocycles. The SMILES string of the molecule is CCC(=O)O.CCC(=O)O.OCCNCCO. The van der Waals surface area contributed by atoms with Crippen LogP contribution in [0.3, 0.4) is 0 Å². The van der Waals surface area contributed by atoms with Crippen molar-refractivity contribution >= 4 is 11.9 Å². The average molecular weight is 253 g/mol. The van der Waals surface area contributed by atoms with Gasteiger partial charge < -0.3 is 25.7 Å². The zero-order chi connectivity index (χ0) is 14.1. The van der Waals surface area contributed by atoms with E-state index in [0.717, 1.165) is 0 Å². The van der Waals surface area contributed by atoms with Gasteiger partial charge in [-0.25, -0.2) is 0 Å². The molecule has 0 aliphatic heterocycles. The van der Waals surface area contributed by atoms with E-state index in [1.54, 1.807) is 13.8 Å². The molecule has 0 atom stereocenters. The van der Waals surface area contributed by atoms with Crippen LogP contribution in [0.15, 0.2) is 0 Å². The molecule has 0 saturated heterocycles. The summed E-state index contributed by atoms with van der Waals surface area (Å²) in [5, 5.41) is 34.5. The van der Waals surface area contributed by atoms with E-state index in [-0.39, 0.29) is 26.1 Å². The monoisotopic (exact) mass is 253 g/mol. The highest BCUT2D eigenvalue weighted by molar-refractivity contribution is 5.66. The number of aliphatic carboxylic acids is 2. The van der Waals surface area contributed by atoms with Crippen LogP contribution in [0, 0.1) is 0 Å². The van der Waals surface area contributed by atoms with Gasteiger partial charge in [-0.3, -0.25) is 9.59 Å². The van der Waals surface area contributed by atoms with E-state index in [4.69, 9.17) is 20.4 Å².